The van der Waals surface area contributed by atoms with Crippen molar-refractivity contribution in [1.29, 1.82) is 0 Å². The number of guanidine groups is 1. The molecule has 2 N–H and O–H groups in total. The van der Waals surface area contributed by atoms with Gasteiger partial charge in [-0.2, -0.15) is 0 Å². The number of nitrogens with one attached hydrogen (secondary N) is 2. The average molecular weight is 407 g/mol. The molecule has 0 amide bonds. The Balaban J connectivity index is 1.37. The molecule has 1 saturated heterocycles. The Morgan fingerprint density at radius 2 is 1.90 bits per heavy atom. The molecular weight excluding hydrogens is 368 g/mol. The number of nitrogens with zero attached hydrogens (tertiary/aromatic N) is 2. The third kappa shape index (κ3) is 9.19. The van der Waals surface area contributed by atoms with Crippen LogP contribution in [-0.2, 0) is 15.9 Å². The fourth-order valence-corrected chi connectivity index (χ4v) is 3.86. The smallest absolute Gasteiger partial charge is 0.191 e. The Bertz CT molecular complexity index is 550. The van der Waals surface area contributed by atoms with Crippen LogP contribution in [0.2, 0.25) is 0 Å². The van der Waals surface area contributed by atoms with Gasteiger partial charge < -0.3 is 24.5 Å². The molecule has 1 saturated carbocycles. The van der Waals surface area contributed by atoms with Crippen LogP contribution >= 0.6 is 0 Å². The highest BCUT2D eigenvalue weighted by atomic mass is 16.5. The maximum absolute atomic E-state index is 6.09. The summed E-state index contributed by atoms with van der Waals surface area (Å²) in [6.45, 7) is 7.70. The molecular formula is C22H38N4O3. The topological polar surface area (TPSA) is 71.3 Å². The van der Waals surface area contributed by atoms with E-state index in [9.17, 15) is 0 Å². The van der Waals surface area contributed by atoms with E-state index in [-0.39, 0.29) is 0 Å². The van der Waals surface area contributed by atoms with Crippen molar-refractivity contribution in [3.05, 3.63) is 24.2 Å². The lowest BCUT2D eigenvalue weighted by molar-refractivity contribution is 0.0394. The van der Waals surface area contributed by atoms with Gasteiger partial charge in [0.1, 0.15) is 5.76 Å². The number of hydrogen-bond donors (Lipinski definition) is 2. The molecule has 164 valence electrons. The maximum Gasteiger partial charge on any atom is 0.191 e. The molecule has 1 aromatic rings. The monoisotopic (exact) mass is 406 g/mol. The highest BCUT2D eigenvalue weighted by molar-refractivity contribution is 5.79. The molecule has 29 heavy (non-hydrogen) atoms. The number of furan rings is 1. The Kier molecular flexibility index (Phi) is 10.4. The molecule has 0 bridgehead atoms. The van der Waals surface area contributed by atoms with Crippen LogP contribution in [0.4, 0.5) is 0 Å². The second-order valence-corrected chi connectivity index (χ2v) is 7.85. The van der Waals surface area contributed by atoms with Gasteiger partial charge in [0.25, 0.3) is 0 Å². The van der Waals surface area contributed by atoms with E-state index in [0.29, 0.717) is 6.10 Å². The van der Waals surface area contributed by atoms with Gasteiger partial charge in [0, 0.05) is 39.1 Å². The molecule has 7 nitrogen and oxygen atoms in total. The van der Waals surface area contributed by atoms with Crippen LogP contribution in [0.1, 0.15) is 44.3 Å². The molecule has 2 aliphatic rings. The minimum Gasteiger partial charge on any atom is -0.469 e. The molecule has 0 atom stereocenters. The normalized spacial score (nSPS) is 19.8. The first-order valence-corrected chi connectivity index (χ1v) is 11.4. The Labute approximate surface area is 175 Å². The number of aliphatic imine (C=N–C) groups is 1. The van der Waals surface area contributed by atoms with E-state index in [1.165, 1.54) is 38.5 Å². The Morgan fingerprint density at radius 3 is 2.66 bits per heavy atom. The predicted octanol–water partition coefficient (Wildman–Crippen LogP) is 2.43. The molecule has 1 aliphatic carbocycles. The predicted molar refractivity (Wildman–Crippen MR) is 115 cm³/mol. The van der Waals surface area contributed by atoms with Gasteiger partial charge in [-0.15, -0.1) is 0 Å². The molecule has 2 fully saturated rings. The highest BCUT2D eigenvalue weighted by Crippen LogP contribution is 2.19. The SMILES string of the molecule is c1coc(CCNC(=NCCN2CCOCC2)NCCOC2CCCCCC2)c1. The van der Waals surface area contributed by atoms with E-state index in [1.54, 1.807) is 6.26 Å². The number of hydrogen-bond acceptors (Lipinski definition) is 5. The first-order chi connectivity index (χ1) is 14.4. The van der Waals surface area contributed by atoms with Crippen molar-refractivity contribution >= 4 is 5.96 Å². The molecule has 0 aromatic carbocycles. The van der Waals surface area contributed by atoms with E-state index in [0.717, 1.165) is 77.2 Å². The quantitative estimate of drug-likeness (QED) is 0.269. The molecule has 2 heterocycles. The Hall–Kier alpha value is -1.57. The minimum absolute atomic E-state index is 0.438. The first-order valence-electron chi connectivity index (χ1n) is 11.4. The van der Waals surface area contributed by atoms with Crippen molar-refractivity contribution in [2.45, 2.75) is 51.0 Å². The Morgan fingerprint density at radius 1 is 1.10 bits per heavy atom. The highest BCUT2D eigenvalue weighted by Gasteiger charge is 2.12. The van der Waals surface area contributed by atoms with Crippen molar-refractivity contribution in [3.63, 3.8) is 0 Å². The van der Waals surface area contributed by atoms with Crippen LogP contribution in [0.15, 0.2) is 27.8 Å². The van der Waals surface area contributed by atoms with Gasteiger partial charge >= 0.3 is 0 Å². The fraction of sp³-hybridized carbons (Fsp3) is 0.773. The maximum atomic E-state index is 6.09. The van der Waals surface area contributed by atoms with Crippen LogP contribution in [0, 0.1) is 0 Å². The van der Waals surface area contributed by atoms with E-state index in [4.69, 9.17) is 18.9 Å². The van der Waals surface area contributed by atoms with Crippen molar-refractivity contribution in [1.82, 2.24) is 15.5 Å². The van der Waals surface area contributed by atoms with Gasteiger partial charge in [-0.3, -0.25) is 9.89 Å². The van der Waals surface area contributed by atoms with Gasteiger partial charge in [0.2, 0.25) is 0 Å². The summed E-state index contributed by atoms with van der Waals surface area (Å²) in [5.74, 6) is 1.84. The lowest BCUT2D eigenvalue weighted by Gasteiger charge is -2.25. The van der Waals surface area contributed by atoms with E-state index < -0.39 is 0 Å². The summed E-state index contributed by atoms with van der Waals surface area (Å²) in [5.41, 5.74) is 0. The summed E-state index contributed by atoms with van der Waals surface area (Å²) in [4.78, 5) is 7.17. The summed E-state index contributed by atoms with van der Waals surface area (Å²) in [5, 5.41) is 6.86. The van der Waals surface area contributed by atoms with E-state index >= 15 is 0 Å². The van der Waals surface area contributed by atoms with Crippen molar-refractivity contribution in [2.24, 2.45) is 4.99 Å². The second kappa shape index (κ2) is 13.6. The third-order valence-electron chi connectivity index (χ3n) is 5.58. The van der Waals surface area contributed by atoms with Crippen LogP contribution in [-0.4, -0.2) is 76.1 Å². The zero-order valence-electron chi connectivity index (χ0n) is 17.7. The number of morpholine rings is 1. The first kappa shape index (κ1) is 22.1. The second-order valence-electron chi connectivity index (χ2n) is 7.85. The summed E-state index contributed by atoms with van der Waals surface area (Å²) in [6.07, 6.45) is 10.7. The lowest BCUT2D eigenvalue weighted by Crippen LogP contribution is -2.41. The molecule has 3 rings (SSSR count). The summed E-state index contributed by atoms with van der Waals surface area (Å²) < 4.78 is 16.9. The lowest BCUT2D eigenvalue weighted by atomic mass is 10.1. The van der Waals surface area contributed by atoms with Gasteiger partial charge in [-0.25, -0.2) is 0 Å². The van der Waals surface area contributed by atoms with Crippen molar-refractivity contribution < 1.29 is 13.9 Å². The number of rotatable bonds is 10. The van der Waals surface area contributed by atoms with E-state index in [1.807, 2.05) is 12.1 Å². The molecule has 0 unspecified atom stereocenters. The molecule has 0 radical (unpaired) electrons. The zero-order chi connectivity index (χ0) is 20.0. The average Bonchev–Trinajstić information content (AvgIpc) is 3.13. The van der Waals surface area contributed by atoms with Crippen molar-refractivity contribution in [3.8, 4) is 0 Å². The third-order valence-corrected chi connectivity index (χ3v) is 5.58. The van der Waals surface area contributed by atoms with Crippen LogP contribution in [0.3, 0.4) is 0 Å². The van der Waals surface area contributed by atoms with Gasteiger partial charge in [0.15, 0.2) is 5.96 Å². The summed E-state index contributed by atoms with van der Waals surface area (Å²) in [6, 6.07) is 3.93. The summed E-state index contributed by atoms with van der Waals surface area (Å²) in [7, 11) is 0. The molecule has 1 aliphatic heterocycles. The van der Waals surface area contributed by atoms with Crippen LogP contribution < -0.4 is 10.6 Å². The molecule has 1 aromatic heterocycles. The van der Waals surface area contributed by atoms with Gasteiger partial charge in [-0.05, 0) is 25.0 Å². The largest absolute Gasteiger partial charge is 0.469 e. The molecule has 0 spiro atoms. The van der Waals surface area contributed by atoms with Crippen LogP contribution in [0.5, 0.6) is 0 Å². The van der Waals surface area contributed by atoms with Crippen LogP contribution in [0.25, 0.3) is 0 Å². The number of ether oxygens (including phenoxy) is 2. The minimum atomic E-state index is 0.438. The standard InChI is InChI=1S/C22H38N4O3/c1-2-4-7-20(6-3-1)29-17-12-25-22(23-10-9-21-8-5-16-28-21)24-11-13-26-14-18-27-19-15-26/h5,8,16,20H,1-4,6-7,9-15,17-19H2,(H2,23,24,25). The van der Waals surface area contributed by atoms with E-state index in [2.05, 4.69) is 15.5 Å². The van der Waals surface area contributed by atoms with Crippen molar-refractivity contribution in [2.75, 3.05) is 59.1 Å². The summed E-state index contributed by atoms with van der Waals surface area (Å²) >= 11 is 0. The fourth-order valence-electron chi connectivity index (χ4n) is 3.86. The zero-order valence-corrected chi connectivity index (χ0v) is 17.7. The van der Waals surface area contributed by atoms with Gasteiger partial charge in [0.05, 0.1) is 38.7 Å². The molecule has 7 heteroatoms. The van der Waals surface area contributed by atoms with Gasteiger partial charge in [-0.1, -0.05) is 25.7 Å².